The maximum atomic E-state index is 13.4. The monoisotopic (exact) mass is 378 g/mol. The molecule has 1 aromatic heterocycles. The normalized spacial score (nSPS) is 19.5. The van der Waals surface area contributed by atoms with Gasteiger partial charge >= 0.3 is 5.97 Å². The molecule has 0 aliphatic carbocycles. The summed E-state index contributed by atoms with van der Waals surface area (Å²) in [6, 6.07) is 5.86. The second-order valence-electron chi connectivity index (χ2n) is 6.03. The average Bonchev–Trinajstić information content (AvgIpc) is 3.21. The Labute approximate surface area is 153 Å². The van der Waals surface area contributed by atoms with Crippen LogP contribution in [0.1, 0.15) is 32.0 Å². The second-order valence-corrected chi connectivity index (χ2v) is 7.12. The zero-order valence-electron chi connectivity index (χ0n) is 14.1. The van der Waals surface area contributed by atoms with Crippen LogP contribution in [-0.2, 0) is 11.2 Å². The average molecular weight is 378 g/mol. The number of hydrogen-bond donors (Lipinski definition) is 4. The molecule has 1 amide bonds. The number of benzene rings is 1. The lowest BCUT2D eigenvalue weighted by Crippen LogP contribution is -2.36. The molecule has 7 nitrogen and oxygen atoms in total. The van der Waals surface area contributed by atoms with E-state index in [1.807, 2.05) is 0 Å². The van der Waals surface area contributed by atoms with Crippen molar-refractivity contribution in [3.05, 3.63) is 51.2 Å². The fourth-order valence-corrected chi connectivity index (χ4v) is 3.84. The number of amides is 1. The third-order valence-corrected chi connectivity index (χ3v) is 5.40. The van der Waals surface area contributed by atoms with Gasteiger partial charge in [0.25, 0.3) is 0 Å². The molecular formula is C17H19FN4O3S. The van der Waals surface area contributed by atoms with Crippen molar-refractivity contribution in [3.8, 4) is 0 Å². The van der Waals surface area contributed by atoms with E-state index in [1.54, 1.807) is 19.1 Å². The van der Waals surface area contributed by atoms with Gasteiger partial charge in [-0.1, -0.05) is 12.1 Å². The molecule has 2 atom stereocenters. The lowest BCUT2D eigenvalue weighted by molar-refractivity contribution is -0.124. The van der Waals surface area contributed by atoms with Crippen molar-refractivity contribution >= 4 is 23.2 Å². The number of carbonyl (C=O) groups is 2. The Morgan fingerprint density at radius 1 is 1.46 bits per heavy atom. The number of halogens is 1. The number of nitrogens with one attached hydrogen (secondary N) is 3. The van der Waals surface area contributed by atoms with E-state index in [4.69, 9.17) is 5.11 Å². The molecule has 1 saturated heterocycles. The van der Waals surface area contributed by atoms with Gasteiger partial charge in [0.1, 0.15) is 10.7 Å². The molecule has 1 fully saturated rings. The van der Waals surface area contributed by atoms with E-state index in [1.165, 1.54) is 12.1 Å². The SMILES string of the molecule is Cc1nc(CCNC(=O)C2CNNC2c2cccc(F)c2)sc1C(=O)O. The Kier molecular flexibility index (Phi) is 5.60. The topological polar surface area (TPSA) is 103 Å². The van der Waals surface area contributed by atoms with Gasteiger partial charge < -0.3 is 10.4 Å². The molecule has 2 heterocycles. The van der Waals surface area contributed by atoms with E-state index >= 15 is 0 Å². The number of rotatable bonds is 6. The van der Waals surface area contributed by atoms with Crippen molar-refractivity contribution in [2.24, 2.45) is 5.92 Å². The number of hydrogen-bond acceptors (Lipinski definition) is 6. The van der Waals surface area contributed by atoms with Crippen LogP contribution >= 0.6 is 11.3 Å². The summed E-state index contributed by atoms with van der Waals surface area (Å²) in [5.74, 6) is -1.85. The van der Waals surface area contributed by atoms with Crippen molar-refractivity contribution in [2.75, 3.05) is 13.1 Å². The number of aromatic nitrogens is 1. The first-order chi connectivity index (χ1) is 12.5. The maximum Gasteiger partial charge on any atom is 0.347 e. The minimum atomic E-state index is -0.990. The van der Waals surface area contributed by atoms with Crippen LogP contribution in [0.4, 0.5) is 4.39 Å². The molecule has 2 aromatic rings. The van der Waals surface area contributed by atoms with Crippen molar-refractivity contribution in [3.63, 3.8) is 0 Å². The first-order valence-corrected chi connectivity index (χ1v) is 8.98. The Morgan fingerprint density at radius 2 is 2.27 bits per heavy atom. The molecule has 0 saturated carbocycles. The van der Waals surface area contributed by atoms with Crippen molar-refractivity contribution in [1.82, 2.24) is 21.2 Å². The number of aryl methyl sites for hydroxylation is 1. The van der Waals surface area contributed by atoms with Crippen LogP contribution in [0.15, 0.2) is 24.3 Å². The smallest absolute Gasteiger partial charge is 0.347 e. The molecule has 4 N–H and O–H groups in total. The van der Waals surface area contributed by atoms with Gasteiger partial charge in [-0.2, -0.15) is 0 Å². The lowest BCUT2D eigenvalue weighted by Gasteiger charge is -2.18. The highest BCUT2D eigenvalue weighted by atomic mass is 32.1. The molecule has 26 heavy (non-hydrogen) atoms. The molecule has 1 aliphatic rings. The predicted molar refractivity (Wildman–Crippen MR) is 94.3 cm³/mol. The zero-order valence-corrected chi connectivity index (χ0v) is 14.9. The number of carbonyl (C=O) groups excluding carboxylic acids is 1. The van der Waals surface area contributed by atoms with Gasteiger partial charge in [0.15, 0.2) is 0 Å². The Morgan fingerprint density at radius 3 is 2.96 bits per heavy atom. The minimum Gasteiger partial charge on any atom is -0.477 e. The summed E-state index contributed by atoms with van der Waals surface area (Å²) < 4.78 is 13.4. The molecule has 138 valence electrons. The van der Waals surface area contributed by atoms with Gasteiger partial charge in [-0.3, -0.25) is 10.2 Å². The summed E-state index contributed by atoms with van der Waals surface area (Å²) >= 11 is 1.12. The van der Waals surface area contributed by atoms with Crippen molar-refractivity contribution in [2.45, 2.75) is 19.4 Å². The van der Waals surface area contributed by atoms with Crippen LogP contribution in [-0.4, -0.2) is 35.1 Å². The number of carboxylic acid groups (broad SMARTS) is 1. The molecule has 1 aliphatic heterocycles. The summed E-state index contributed by atoms with van der Waals surface area (Å²) in [6.45, 7) is 2.45. The third kappa shape index (κ3) is 4.06. The maximum absolute atomic E-state index is 13.4. The highest BCUT2D eigenvalue weighted by Gasteiger charge is 2.33. The van der Waals surface area contributed by atoms with E-state index in [2.05, 4.69) is 21.2 Å². The van der Waals surface area contributed by atoms with Gasteiger partial charge in [-0.25, -0.2) is 19.6 Å². The molecule has 0 radical (unpaired) electrons. The largest absolute Gasteiger partial charge is 0.477 e. The molecule has 9 heteroatoms. The number of thiazole rings is 1. The van der Waals surface area contributed by atoms with E-state index in [0.717, 1.165) is 11.3 Å². The summed E-state index contributed by atoms with van der Waals surface area (Å²) in [5, 5.41) is 12.6. The van der Waals surface area contributed by atoms with Crippen molar-refractivity contribution in [1.29, 1.82) is 0 Å². The van der Waals surface area contributed by atoms with Gasteiger partial charge in [0.2, 0.25) is 5.91 Å². The number of carboxylic acids is 1. The van der Waals surface area contributed by atoms with E-state index in [9.17, 15) is 14.0 Å². The Bertz CT molecular complexity index is 826. The van der Waals surface area contributed by atoms with Crippen LogP contribution in [0, 0.1) is 18.7 Å². The molecule has 2 unspecified atom stereocenters. The zero-order chi connectivity index (χ0) is 18.7. The summed E-state index contributed by atoms with van der Waals surface area (Å²) in [5.41, 5.74) is 7.14. The highest BCUT2D eigenvalue weighted by Crippen LogP contribution is 2.25. The van der Waals surface area contributed by atoms with E-state index < -0.39 is 5.97 Å². The second kappa shape index (κ2) is 7.90. The first-order valence-electron chi connectivity index (χ1n) is 8.17. The number of hydrazine groups is 1. The first kappa shape index (κ1) is 18.4. The van der Waals surface area contributed by atoms with Crippen LogP contribution in [0.2, 0.25) is 0 Å². The number of nitrogens with zero attached hydrogens (tertiary/aromatic N) is 1. The van der Waals surface area contributed by atoms with Crippen LogP contribution in [0.5, 0.6) is 0 Å². The molecule has 0 bridgehead atoms. The fraction of sp³-hybridized carbons (Fsp3) is 0.353. The standard InChI is InChI=1S/C17H19FN4O3S/c1-9-15(17(24)25)26-13(21-9)5-6-19-16(23)12-8-20-22-14(12)10-3-2-4-11(18)7-10/h2-4,7,12,14,20,22H,5-6,8H2,1H3,(H,19,23)(H,24,25). The van der Waals surface area contributed by atoms with E-state index in [-0.39, 0.29) is 28.6 Å². The summed E-state index contributed by atoms with van der Waals surface area (Å²) in [7, 11) is 0. The quantitative estimate of drug-likeness (QED) is 0.606. The third-order valence-electron chi connectivity index (χ3n) is 4.20. The number of aromatic carboxylic acids is 1. The molecule has 1 aromatic carbocycles. The highest BCUT2D eigenvalue weighted by molar-refractivity contribution is 7.13. The molecule has 0 spiro atoms. The van der Waals surface area contributed by atoms with Crippen molar-refractivity contribution < 1.29 is 19.1 Å². The fourth-order valence-electron chi connectivity index (χ4n) is 2.94. The molecule has 3 rings (SSSR count). The van der Waals surface area contributed by atoms with Crippen LogP contribution in [0.25, 0.3) is 0 Å². The summed E-state index contributed by atoms with van der Waals surface area (Å²) in [6.07, 6.45) is 0.461. The van der Waals surface area contributed by atoms with E-state index in [0.29, 0.717) is 35.8 Å². The van der Waals surface area contributed by atoms with Gasteiger partial charge in [-0.15, -0.1) is 11.3 Å². The van der Waals surface area contributed by atoms with Crippen LogP contribution in [0.3, 0.4) is 0 Å². The Hall–Kier alpha value is -2.36. The van der Waals surface area contributed by atoms with Gasteiger partial charge in [0.05, 0.1) is 22.7 Å². The van der Waals surface area contributed by atoms with Gasteiger partial charge in [0, 0.05) is 19.5 Å². The Balaban J connectivity index is 1.57. The van der Waals surface area contributed by atoms with Crippen LogP contribution < -0.4 is 16.2 Å². The lowest BCUT2D eigenvalue weighted by atomic mass is 9.94. The predicted octanol–water partition coefficient (Wildman–Crippen LogP) is 1.41. The summed E-state index contributed by atoms with van der Waals surface area (Å²) in [4.78, 5) is 28.0. The van der Waals surface area contributed by atoms with Gasteiger partial charge in [-0.05, 0) is 24.6 Å². The minimum absolute atomic E-state index is 0.150. The molecular weight excluding hydrogens is 359 g/mol.